The molecule has 7 rings (SSSR count). The Morgan fingerprint density at radius 3 is 2.18 bits per heavy atom. The fourth-order valence-electron chi connectivity index (χ4n) is 12.6. The number of rotatable bonds is 3. The van der Waals surface area contributed by atoms with E-state index < -0.39 is 5.41 Å². The molecule has 0 aromatic heterocycles. The maximum Gasteiger partial charge on any atom is 0.165 e. The molecule has 0 aromatic rings. The van der Waals surface area contributed by atoms with E-state index in [1.807, 2.05) is 12.5 Å². The molecule has 0 bridgehead atoms. The van der Waals surface area contributed by atoms with Crippen LogP contribution in [0.4, 0.5) is 0 Å². The van der Waals surface area contributed by atoms with Crippen molar-refractivity contribution in [2.45, 2.75) is 119 Å². The van der Waals surface area contributed by atoms with E-state index in [0.717, 1.165) is 69.8 Å². The van der Waals surface area contributed by atoms with Crippen LogP contribution in [0.25, 0.3) is 0 Å². The number of fused-ring (bicyclic) bond motifs is 6. The van der Waals surface area contributed by atoms with Crippen LogP contribution in [0.2, 0.25) is 0 Å². The Bertz CT molecular complexity index is 1270. The third-order valence-corrected chi connectivity index (χ3v) is 15.1. The minimum Gasteiger partial charge on any atom is -0.299 e. The molecule has 7 aliphatic rings. The van der Waals surface area contributed by atoms with Crippen molar-refractivity contribution in [1.82, 2.24) is 0 Å². The fraction of sp³-hybridized carbons (Fsp3) is 0.771. The monoisotopic (exact) mass is 515 g/mol. The van der Waals surface area contributed by atoms with E-state index in [-0.39, 0.29) is 43.8 Å². The number of carbonyl (C=O) groups is 3. The number of ketones is 3. The smallest absolute Gasteiger partial charge is 0.165 e. The van der Waals surface area contributed by atoms with Crippen LogP contribution >= 0.6 is 0 Å². The predicted octanol–water partition coefficient (Wildman–Crippen LogP) is 7.78. The maximum absolute atomic E-state index is 14.8. The van der Waals surface area contributed by atoms with Crippen molar-refractivity contribution in [2.24, 2.45) is 49.2 Å². The molecule has 2 unspecified atom stereocenters. The minimum atomic E-state index is -0.427. The number of hydrogen-bond acceptors (Lipinski definition) is 3. The first-order valence-corrected chi connectivity index (χ1v) is 15.5. The van der Waals surface area contributed by atoms with Crippen LogP contribution in [0.5, 0.6) is 0 Å². The van der Waals surface area contributed by atoms with E-state index >= 15 is 0 Å². The highest BCUT2D eigenvalue weighted by Crippen LogP contribution is 2.86. The van der Waals surface area contributed by atoms with Crippen LogP contribution in [-0.4, -0.2) is 17.3 Å². The van der Waals surface area contributed by atoms with Gasteiger partial charge in [0.2, 0.25) is 0 Å². The Kier molecular flexibility index (Phi) is 4.59. The molecular formula is C35H47O3. The molecule has 3 nitrogen and oxygen atoms in total. The van der Waals surface area contributed by atoms with Crippen LogP contribution in [0.1, 0.15) is 119 Å². The van der Waals surface area contributed by atoms with Crippen molar-refractivity contribution in [2.75, 3.05) is 0 Å². The molecule has 205 valence electrons. The maximum atomic E-state index is 14.8. The fourth-order valence-corrected chi connectivity index (χ4v) is 12.6. The second-order valence-corrected chi connectivity index (χ2v) is 16.5. The Balaban J connectivity index is 1.42. The zero-order chi connectivity index (χ0) is 27.4. The minimum absolute atomic E-state index is 0.0299. The van der Waals surface area contributed by atoms with Gasteiger partial charge in [-0.2, -0.15) is 0 Å². The second kappa shape index (κ2) is 6.85. The summed E-state index contributed by atoms with van der Waals surface area (Å²) in [6.45, 7) is 16.6. The van der Waals surface area contributed by atoms with Crippen molar-refractivity contribution < 1.29 is 14.4 Å². The highest BCUT2D eigenvalue weighted by atomic mass is 16.1. The number of Topliss-reactive ketones (excluding diaryl/α,β-unsaturated/α-hetero) is 2. The van der Waals surface area contributed by atoms with Gasteiger partial charge < -0.3 is 0 Å². The lowest BCUT2D eigenvalue weighted by Crippen LogP contribution is -2.70. The molecule has 0 N–H and O–H groups in total. The summed E-state index contributed by atoms with van der Waals surface area (Å²) in [7, 11) is 0. The Morgan fingerprint density at radius 1 is 0.842 bits per heavy atom. The Morgan fingerprint density at radius 2 is 1.53 bits per heavy atom. The summed E-state index contributed by atoms with van der Waals surface area (Å²) in [5, 5.41) is 0. The topological polar surface area (TPSA) is 51.2 Å². The first-order valence-electron chi connectivity index (χ1n) is 15.5. The van der Waals surface area contributed by atoms with E-state index in [9.17, 15) is 14.4 Å². The number of carbonyl (C=O) groups excluding carboxylic acids is 3. The van der Waals surface area contributed by atoms with Crippen LogP contribution in [0.3, 0.4) is 0 Å². The van der Waals surface area contributed by atoms with Crippen molar-refractivity contribution in [3.8, 4) is 0 Å². The molecule has 3 heteroatoms. The molecule has 0 aromatic carbocycles. The lowest BCUT2D eigenvalue weighted by atomic mass is 9.30. The molecule has 0 saturated heterocycles. The predicted molar refractivity (Wildman–Crippen MR) is 149 cm³/mol. The summed E-state index contributed by atoms with van der Waals surface area (Å²) >= 11 is 0. The third kappa shape index (κ3) is 2.46. The van der Waals surface area contributed by atoms with Crippen molar-refractivity contribution >= 4 is 17.3 Å². The quantitative estimate of drug-likeness (QED) is 0.385. The van der Waals surface area contributed by atoms with Gasteiger partial charge in [-0.05, 0) is 103 Å². The van der Waals surface area contributed by atoms with Crippen LogP contribution in [-0.2, 0) is 14.4 Å². The van der Waals surface area contributed by atoms with Gasteiger partial charge in [-0.25, -0.2) is 0 Å². The molecule has 1 radical (unpaired) electrons. The van der Waals surface area contributed by atoms with Crippen molar-refractivity contribution in [3.05, 3.63) is 29.7 Å². The summed E-state index contributed by atoms with van der Waals surface area (Å²) in [6, 6.07) is 0. The van der Waals surface area contributed by atoms with Gasteiger partial charge in [0, 0.05) is 35.2 Å². The van der Waals surface area contributed by atoms with Gasteiger partial charge in [0.1, 0.15) is 5.78 Å². The van der Waals surface area contributed by atoms with Gasteiger partial charge in [0.15, 0.2) is 11.6 Å². The normalized spacial score (nSPS) is 53.8. The van der Waals surface area contributed by atoms with Gasteiger partial charge in [-0.1, -0.05) is 60.1 Å². The zero-order valence-electron chi connectivity index (χ0n) is 24.8. The molecule has 1 spiro atoms. The van der Waals surface area contributed by atoms with E-state index in [1.54, 1.807) is 0 Å². The molecule has 0 heterocycles. The zero-order valence-corrected chi connectivity index (χ0v) is 24.8. The van der Waals surface area contributed by atoms with Gasteiger partial charge in [0.25, 0.3) is 0 Å². The largest absolute Gasteiger partial charge is 0.299 e. The average molecular weight is 516 g/mol. The molecule has 5 fully saturated rings. The molecular weight excluding hydrogens is 468 g/mol. The average Bonchev–Trinajstić information content (AvgIpc) is 3.77. The summed E-state index contributed by atoms with van der Waals surface area (Å²) in [4.78, 5) is 42.1. The van der Waals surface area contributed by atoms with E-state index in [2.05, 4.69) is 54.5 Å². The standard InChI is InChI=1S/C35H47O3/c1-8-33-20-28(2,3)13-16-34(33,27(38)22-9-10-22)17-14-31(6)26(33)23(36)19-24-29(31,4)15-18-35-21-32(35,7)25(37)11-12-30(24,35)5/h9-10,19,26H,8,11-18,20-21H2,1-7H3/t26-,29+,30+,31+,32?,33-,34+,35?/m0/s1. The van der Waals surface area contributed by atoms with E-state index in [1.165, 1.54) is 5.57 Å². The van der Waals surface area contributed by atoms with Gasteiger partial charge in [0.05, 0.1) is 0 Å². The Labute approximate surface area is 229 Å². The van der Waals surface area contributed by atoms with Crippen molar-refractivity contribution in [1.29, 1.82) is 0 Å². The van der Waals surface area contributed by atoms with Crippen LogP contribution < -0.4 is 0 Å². The summed E-state index contributed by atoms with van der Waals surface area (Å²) in [6.07, 6.45) is 16.4. The molecule has 8 atom stereocenters. The van der Waals surface area contributed by atoms with Gasteiger partial charge in [-0.15, -0.1) is 0 Å². The van der Waals surface area contributed by atoms with Gasteiger partial charge >= 0.3 is 0 Å². The van der Waals surface area contributed by atoms with E-state index in [0.29, 0.717) is 23.8 Å². The summed E-state index contributed by atoms with van der Waals surface area (Å²) < 4.78 is 0. The molecule has 0 amide bonds. The highest BCUT2D eigenvalue weighted by molar-refractivity contribution is 6.08. The third-order valence-electron chi connectivity index (χ3n) is 15.1. The Hall–Kier alpha value is -1.51. The highest BCUT2D eigenvalue weighted by Gasteiger charge is 2.82. The van der Waals surface area contributed by atoms with Crippen LogP contribution in [0.15, 0.2) is 23.3 Å². The van der Waals surface area contributed by atoms with Gasteiger partial charge in [-0.3, -0.25) is 14.4 Å². The summed E-state index contributed by atoms with van der Waals surface area (Å²) in [5.74, 6) is 0.951. The number of hydrogen-bond donors (Lipinski definition) is 0. The number of allylic oxidation sites excluding steroid dienone is 4. The first kappa shape index (κ1) is 25.5. The van der Waals surface area contributed by atoms with E-state index in [4.69, 9.17) is 0 Å². The first-order chi connectivity index (χ1) is 17.6. The lowest BCUT2D eigenvalue weighted by Gasteiger charge is -2.72. The summed E-state index contributed by atoms with van der Waals surface area (Å²) in [5.41, 5.74) is 1.13. The van der Waals surface area contributed by atoms with Crippen LogP contribution in [0, 0.1) is 55.7 Å². The lowest BCUT2D eigenvalue weighted by molar-refractivity contribution is -0.212. The molecule has 5 saturated carbocycles. The molecule has 38 heavy (non-hydrogen) atoms. The molecule has 0 aliphatic heterocycles. The molecule has 7 aliphatic carbocycles. The SMILES string of the molecule is CC[C@@]12CC(C)(C)CC[C@]1(C(=O)C1=C[CH]1)CC[C@]1(C)[C@@H]2C(=O)C=C2[C@@]3(C)CCC(=O)C4(C)CC43CC[C@]21C. The van der Waals surface area contributed by atoms with Crippen molar-refractivity contribution in [3.63, 3.8) is 0 Å². The second-order valence-electron chi connectivity index (χ2n) is 16.5.